The number of ether oxygens (including phenoxy) is 3. The first kappa shape index (κ1) is 76.5. The molecule has 6 heteroatoms. The number of esters is 3. The van der Waals surface area contributed by atoms with Gasteiger partial charge in [-0.1, -0.05) is 258 Å². The summed E-state index contributed by atoms with van der Waals surface area (Å²) in [6.45, 7) is 6.13. The van der Waals surface area contributed by atoms with Gasteiger partial charge in [0.25, 0.3) is 0 Å². The van der Waals surface area contributed by atoms with Crippen LogP contribution in [0.5, 0.6) is 0 Å². The minimum absolute atomic E-state index is 0.152. The molecule has 0 fully saturated rings. The maximum Gasteiger partial charge on any atom is 0.306 e. The van der Waals surface area contributed by atoms with Crippen molar-refractivity contribution in [2.45, 2.75) is 219 Å². The van der Waals surface area contributed by atoms with Crippen LogP contribution in [-0.4, -0.2) is 37.2 Å². The molecule has 1 atom stereocenters. The van der Waals surface area contributed by atoms with Gasteiger partial charge in [-0.2, -0.15) is 0 Å². The summed E-state index contributed by atoms with van der Waals surface area (Å²) >= 11 is 0. The molecule has 0 aromatic heterocycles. The number of unbranched alkanes of at least 4 members (excludes halogenated alkanes) is 5. The molecule has 456 valence electrons. The molecule has 0 heterocycles. The Morgan fingerprint density at radius 1 is 0.241 bits per heavy atom. The van der Waals surface area contributed by atoms with Crippen molar-refractivity contribution in [1.82, 2.24) is 0 Å². The molecule has 0 radical (unpaired) electrons. The molecule has 0 aromatic rings. The predicted octanol–water partition coefficient (Wildman–Crippen LogP) is 22.3. The highest BCUT2D eigenvalue weighted by Crippen LogP contribution is 2.10. The zero-order chi connectivity index (χ0) is 59.9. The van der Waals surface area contributed by atoms with Crippen LogP contribution in [0.15, 0.2) is 231 Å². The van der Waals surface area contributed by atoms with Gasteiger partial charge in [-0.15, -0.1) is 0 Å². The molecule has 0 amide bonds. The van der Waals surface area contributed by atoms with Crippen molar-refractivity contribution in [3.63, 3.8) is 0 Å². The van der Waals surface area contributed by atoms with Crippen molar-refractivity contribution in [1.29, 1.82) is 0 Å². The summed E-state index contributed by atoms with van der Waals surface area (Å²) in [5.74, 6) is -1.13. The average Bonchev–Trinajstić information content (AvgIpc) is 3.49. The van der Waals surface area contributed by atoms with Crippen LogP contribution in [0.1, 0.15) is 213 Å². The molecule has 0 saturated carbocycles. The molecule has 0 aliphatic carbocycles. The third kappa shape index (κ3) is 66.2. The van der Waals surface area contributed by atoms with E-state index in [2.05, 4.69) is 240 Å². The molecular weight excluding hydrogens is 1020 g/mol. The third-order valence-corrected chi connectivity index (χ3v) is 12.2. The molecule has 0 saturated heterocycles. The van der Waals surface area contributed by atoms with E-state index in [1.807, 2.05) is 12.2 Å². The zero-order valence-corrected chi connectivity index (χ0v) is 52.1. The molecule has 83 heavy (non-hydrogen) atoms. The summed E-state index contributed by atoms with van der Waals surface area (Å²) in [6, 6.07) is 0. The quantitative estimate of drug-likeness (QED) is 0.0261. The standard InChI is InChI=1S/C77H112O6/c1-4-7-10-13-16-19-22-25-27-29-31-33-35-37-38-40-41-43-45-47-49-52-55-58-61-64-67-70-76(79)82-73-74(72-81-75(78)69-66-63-60-57-54-51-24-21-18-15-12-9-6-3)83-77(80)71-68-65-62-59-56-53-50-48-46-44-42-39-36-34-32-30-28-26-23-20-17-14-11-8-5-2/h7-12,16-21,25-28,31-34,37-39,41-43,46-49,51,53-56,58,60,63,74H,4-6,13-15,22-24,29-30,35-36,40,44-45,50,52,57,59,61-62,64-73H2,1-3H3/b10-7-,11-8-,12-9-,19-16-,20-17-,21-18-,27-25-,28-26-,33-31-,34-32-,38-37-,42-39-,43-41-,48-46-,49-47-,54-51-,56-53-,58-55-,63-60-. The summed E-state index contributed by atoms with van der Waals surface area (Å²) < 4.78 is 16.8. The first-order chi connectivity index (χ1) is 41.0. The van der Waals surface area contributed by atoms with Gasteiger partial charge in [0.1, 0.15) is 13.2 Å². The van der Waals surface area contributed by atoms with Gasteiger partial charge in [-0.25, -0.2) is 0 Å². The summed E-state index contributed by atoms with van der Waals surface area (Å²) in [5, 5.41) is 0. The lowest BCUT2D eigenvalue weighted by molar-refractivity contribution is -0.166. The molecule has 0 rings (SSSR count). The highest BCUT2D eigenvalue weighted by Gasteiger charge is 2.19. The molecule has 0 aromatic carbocycles. The number of hydrogen-bond donors (Lipinski definition) is 0. The van der Waals surface area contributed by atoms with E-state index >= 15 is 0 Å². The number of carbonyl (C=O) groups is 3. The molecule has 6 nitrogen and oxygen atoms in total. The molecule has 0 aliphatic rings. The number of hydrogen-bond acceptors (Lipinski definition) is 6. The molecule has 0 bridgehead atoms. The van der Waals surface area contributed by atoms with Gasteiger partial charge >= 0.3 is 17.9 Å². The lowest BCUT2D eigenvalue weighted by atomic mass is 10.1. The lowest BCUT2D eigenvalue weighted by Crippen LogP contribution is -2.30. The van der Waals surface area contributed by atoms with Crippen molar-refractivity contribution in [3.8, 4) is 0 Å². The van der Waals surface area contributed by atoms with Crippen molar-refractivity contribution in [2.24, 2.45) is 0 Å². The molecule has 0 N–H and O–H groups in total. The van der Waals surface area contributed by atoms with E-state index in [0.29, 0.717) is 19.3 Å². The second-order valence-electron chi connectivity index (χ2n) is 19.8. The predicted molar refractivity (Wildman–Crippen MR) is 361 cm³/mol. The normalized spacial score (nSPS) is 13.7. The van der Waals surface area contributed by atoms with E-state index < -0.39 is 6.10 Å². The summed E-state index contributed by atoms with van der Waals surface area (Å²) in [5.41, 5.74) is 0. The largest absolute Gasteiger partial charge is 0.462 e. The Kier molecular flexibility index (Phi) is 62.6. The van der Waals surface area contributed by atoms with Crippen LogP contribution in [0.25, 0.3) is 0 Å². The topological polar surface area (TPSA) is 78.9 Å². The van der Waals surface area contributed by atoms with Gasteiger partial charge in [-0.3, -0.25) is 14.4 Å². The van der Waals surface area contributed by atoms with Gasteiger partial charge < -0.3 is 14.2 Å². The fourth-order valence-corrected chi connectivity index (χ4v) is 7.51. The van der Waals surface area contributed by atoms with Crippen molar-refractivity contribution in [2.75, 3.05) is 13.2 Å². The van der Waals surface area contributed by atoms with E-state index in [1.54, 1.807) is 0 Å². The Morgan fingerprint density at radius 3 is 0.747 bits per heavy atom. The second-order valence-corrected chi connectivity index (χ2v) is 19.8. The molecule has 0 aliphatic heterocycles. The Morgan fingerprint density at radius 2 is 0.458 bits per heavy atom. The van der Waals surface area contributed by atoms with Crippen LogP contribution in [0.2, 0.25) is 0 Å². The van der Waals surface area contributed by atoms with Crippen molar-refractivity contribution in [3.05, 3.63) is 231 Å². The van der Waals surface area contributed by atoms with Crippen LogP contribution in [-0.2, 0) is 28.6 Å². The SMILES string of the molecule is CC/C=C\C/C=C\C/C=C\C/C=C\C/C=C\C/C=C\C/C=C\C/C=C\CCCCC(=O)OCC(COC(=O)CC/C=C\C/C=C\C/C=C\C/C=C\CC)OC(=O)CCCCC/C=C\C/C=C\C/C=C\C/C=C\C/C=C\C/C=C\C/C=C\CC. The number of carbonyl (C=O) groups excluding carboxylic acids is 3. The van der Waals surface area contributed by atoms with Gasteiger partial charge in [0.15, 0.2) is 6.10 Å². The maximum atomic E-state index is 12.9. The highest BCUT2D eigenvalue weighted by atomic mass is 16.6. The zero-order valence-electron chi connectivity index (χ0n) is 52.1. The smallest absolute Gasteiger partial charge is 0.306 e. The minimum atomic E-state index is -0.861. The Hall–Kier alpha value is -6.53. The fourth-order valence-electron chi connectivity index (χ4n) is 7.51. The monoisotopic (exact) mass is 1130 g/mol. The van der Waals surface area contributed by atoms with Crippen molar-refractivity contribution < 1.29 is 28.6 Å². The Balaban J connectivity index is 4.60. The summed E-state index contributed by atoms with van der Waals surface area (Å²) in [4.78, 5) is 38.3. The van der Waals surface area contributed by atoms with Crippen LogP contribution in [0, 0.1) is 0 Å². The molecule has 0 spiro atoms. The van der Waals surface area contributed by atoms with Gasteiger partial charge in [0.2, 0.25) is 0 Å². The second kappa shape index (κ2) is 68.0. The lowest BCUT2D eigenvalue weighted by Gasteiger charge is -2.18. The summed E-state index contributed by atoms with van der Waals surface area (Å²) in [6.07, 6.45) is 108. The van der Waals surface area contributed by atoms with E-state index in [1.165, 1.54) is 0 Å². The average molecular weight is 1130 g/mol. The maximum absolute atomic E-state index is 12.9. The van der Waals surface area contributed by atoms with Crippen LogP contribution in [0.4, 0.5) is 0 Å². The third-order valence-electron chi connectivity index (χ3n) is 12.2. The van der Waals surface area contributed by atoms with Crippen LogP contribution >= 0.6 is 0 Å². The van der Waals surface area contributed by atoms with Crippen molar-refractivity contribution >= 4 is 17.9 Å². The minimum Gasteiger partial charge on any atom is -0.462 e. The molecular formula is C77H112O6. The van der Waals surface area contributed by atoms with Gasteiger partial charge in [0, 0.05) is 19.3 Å². The first-order valence-corrected chi connectivity index (χ1v) is 31.9. The Bertz CT molecular complexity index is 2130. The molecule has 1 unspecified atom stereocenters. The van der Waals surface area contributed by atoms with E-state index in [9.17, 15) is 14.4 Å². The highest BCUT2D eigenvalue weighted by molar-refractivity contribution is 5.71. The van der Waals surface area contributed by atoms with Crippen LogP contribution < -0.4 is 0 Å². The Labute approximate surface area is 507 Å². The van der Waals surface area contributed by atoms with E-state index in [0.717, 1.165) is 154 Å². The van der Waals surface area contributed by atoms with Crippen LogP contribution in [0.3, 0.4) is 0 Å². The number of allylic oxidation sites excluding steroid dienone is 38. The first-order valence-electron chi connectivity index (χ1n) is 31.9. The van der Waals surface area contributed by atoms with Gasteiger partial charge in [-0.05, 0) is 167 Å². The van der Waals surface area contributed by atoms with E-state index in [-0.39, 0.29) is 50.4 Å². The fraction of sp³-hybridized carbons (Fsp3) is 0.468. The summed E-state index contributed by atoms with van der Waals surface area (Å²) in [7, 11) is 0. The van der Waals surface area contributed by atoms with Gasteiger partial charge in [0.05, 0.1) is 0 Å². The number of rotatable bonds is 54. The van der Waals surface area contributed by atoms with E-state index in [4.69, 9.17) is 14.2 Å².